The van der Waals surface area contributed by atoms with Crippen LogP contribution in [-0.4, -0.2) is 15.5 Å². The van der Waals surface area contributed by atoms with Crippen LogP contribution in [0.25, 0.3) is 0 Å². The molecule has 2 N–H and O–H groups in total. The summed E-state index contributed by atoms with van der Waals surface area (Å²) in [4.78, 5) is 0. The van der Waals surface area contributed by atoms with E-state index < -0.39 is 10.0 Å². The molecule has 0 aromatic heterocycles. The van der Waals surface area contributed by atoms with Crippen molar-refractivity contribution in [1.82, 2.24) is 0 Å². The Morgan fingerprint density at radius 3 is 2.14 bits per heavy atom. The topological polar surface area (TPSA) is 63.4 Å². The molecule has 0 fully saturated rings. The fourth-order valence-electron chi connectivity index (χ4n) is 2.15. The molecule has 112 valence electrons. The van der Waals surface area contributed by atoms with Crippen molar-refractivity contribution in [2.45, 2.75) is 19.2 Å². The van der Waals surface area contributed by atoms with Crippen LogP contribution in [0, 0.1) is 6.92 Å². The van der Waals surface area contributed by atoms with Crippen LogP contribution >= 0.6 is 0 Å². The van der Waals surface area contributed by atoms with Crippen molar-refractivity contribution in [3.63, 3.8) is 0 Å². The van der Waals surface area contributed by atoms with E-state index in [1.165, 1.54) is 4.31 Å². The van der Waals surface area contributed by atoms with Gasteiger partial charge in [-0.25, -0.2) is 8.42 Å². The van der Waals surface area contributed by atoms with Crippen LogP contribution in [0.5, 0.6) is 0 Å². The molecular weight excluding hydrogens is 284 g/mol. The summed E-state index contributed by atoms with van der Waals surface area (Å²) in [7, 11) is -1.82. The van der Waals surface area contributed by atoms with E-state index in [0.717, 1.165) is 16.7 Å². The lowest BCUT2D eigenvalue weighted by Gasteiger charge is -2.21. The molecule has 2 aromatic carbocycles. The Morgan fingerprint density at radius 1 is 1.00 bits per heavy atom. The van der Waals surface area contributed by atoms with Gasteiger partial charge in [-0.1, -0.05) is 42.5 Å². The molecule has 2 rings (SSSR count). The highest BCUT2D eigenvalue weighted by atomic mass is 32.2. The van der Waals surface area contributed by atoms with E-state index in [-0.39, 0.29) is 5.75 Å². The normalized spacial score (nSPS) is 11.4. The second kappa shape index (κ2) is 6.28. The molecule has 2 aromatic rings. The van der Waals surface area contributed by atoms with Gasteiger partial charge in [-0.15, -0.1) is 0 Å². The Labute approximate surface area is 126 Å². The lowest BCUT2D eigenvalue weighted by atomic mass is 10.1. The zero-order valence-electron chi connectivity index (χ0n) is 12.3. The number of anilines is 1. The van der Waals surface area contributed by atoms with E-state index >= 15 is 0 Å². The van der Waals surface area contributed by atoms with Gasteiger partial charge in [0.2, 0.25) is 10.0 Å². The molecule has 0 aliphatic heterocycles. The van der Waals surface area contributed by atoms with E-state index in [2.05, 4.69) is 0 Å². The fourth-order valence-corrected chi connectivity index (χ4v) is 3.46. The van der Waals surface area contributed by atoms with Crippen LogP contribution in [0.4, 0.5) is 5.69 Å². The number of nitrogens with two attached hydrogens (primary N) is 1. The van der Waals surface area contributed by atoms with Crippen LogP contribution in [0.15, 0.2) is 48.5 Å². The van der Waals surface area contributed by atoms with Crippen molar-refractivity contribution >= 4 is 15.7 Å². The maximum atomic E-state index is 12.5. The lowest BCUT2D eigenvalue weighted by Crippen LogP contribution is -2.28. The van der Waals surface area contributed by atoms with Crippen LogP contribution in [0.3, 0.4) is 0 Å². The molecule has 0 bridgehead atoms. The Morgan fingerprint density at radius 2 is 1.57 bits per heavy atom. The predicted molar refractivity (Wildman–Crippen MR) is 86.5 cm³/mol. The molecule has 4 nitrogen and oxygen atoms in total. The second-order valence-corrected chi connectivity index (χ2v) is 7.03. The van der Waals surface area contributed by atoms with E-state index in [0.29, 0.717) is 12.2 Å². The minimum Gasteiger partial charge on any atom is -0.326 e. The van der Waals surface area contributed by atoms with Gasteiger partial charge < -0.3 is 5.73 Å². The molecule has 0 heterocycles. The number of hydrogen-bond acceptors (Lipinski definition) is 3. The molecule has 0 saturated heterocycles. The van der Waals surface area contributed by atoms with Crippen molar-refractivity contribution in [1.29, 1.82) is 0 Å². The number of benzene rings is 2. The lowest BCUT2D eigenvalue weighted by molar-refractivity contribution is 0.593. The van der Waals surface area contributed by atoms with E-state index in [1.807, 2.05) is 55.5 Å². The van der Waals surface area contributed by atoms with Gasteiger partial charge in [0, 0.05) is 13.6 Å². The summed E-state index contributed by atoms with van der Waals surface area (Å²) in [5.41, 5.74) is 8.93. The first-order chi connectivity index (χ1) is 9.94. The summed E-state index contributed by atoms with van der Waals surface area (Å²) < 4.78 is 26.4. The molecular formula is C16H20N2O2S. The van der Waals surface area contributed by atoms with Gasteiger partial charge in [0.05, 0.1) is 11.4 Å². The first-order valence-corrected chi connectivity index (χ1v) is 8.35. The summed E-state index contributed by atoms with van der Waals surface area (Å²) in [6.07, 6.45) is 0. The third kappa shape index (κ3) is 3.62. The summed E-state index contributed by atoms with van der Waals surface area (Å²) in [6.45, 7) is 2.35. The molecule has 0 amide bonds. The zero-order valence-corrected chi connectivity index (χ0v) is 13.1. The molecule has 0 unspecified atom stereocenters. The summed E-state index contributed by atoms with van der Waals surface area (Å²) in [5.74, 6) is -0.0251. The Kier molecular flexibility index (Phi) is 4.65. The maximum absolute atomic E-state index is 12.5. The summed E-state index contributed by atoms with van der Waals surface area (Å²) in [5, 5.41) is 0. The van der Waals surface area contributed by atoms with Crippen molar-refractivity contribution in [2.75, 3.05) is 11.4 Å². The first kappa shape index (κ1) is 15.5. The van der Waals surface area contributed by atoms with Gasteiger partial charge in [0.15, 0.2) is 0 Å². The van der Waals surface area contributed by atoms with Crippen LogP contribution in [-0.2, 0) is 22.3 Å². The monoisotopic (exact) mass is 304 g/mol. The zero-order chi connectivity index (χ0) is 15.5. The predicted octanol–water partition coefficient (Wildman–Crippen LogP) is 2.42. The van der Waals surface area contributed by atoms with Gasteiger partial charge in [0.1, 0.15) is 0 Å². The minimum absolute atomic E-state index is 0.0251. The quantitative estimate of drug-likeness (QED) is 0.922. The second-order valence-electron chi connectivity index (χ2n) is 5.03. The van der Waals surface area contributed by atoms with Gasteiger partial charge in [-0.05, 0) is 29.7 Å². The molecule has 21 heavy (non-hydrogen) atoms. The number of aryl methyl sites for hydroxylation is 1. The van der Waals surface area contributed by atoms with E-state index in [4.69, 9.17) is 5.73 Å². The standard InChI is InChI=1S/C16H20N2O2S/c1-13-5-3-4-6-16(13)18(2)21(19,20)12-15-9-7-14(11-17)8-10-15/h3-10H,11-12,17H2,1-2H3. The van der Waals surface area contributed by atoms with Crippen LogP contribution in [0.2, 0.25) is 0 Å². The number of hydrogen-bond donors (Lipinski definition) is 1. The highest BCUT2D eigenvalue weighted by Crippen LogP contribution is 2.22. The van der Waals surface area contributed by atoms with Gasteiger partial charge in [-0.3, -0.25) is 4.31 Å². The van der Waals surface area contributed by atoms with Crippen molar-refractivity contribution in [2.24, 2.45) is 5.73 Å². The molecule has 0 saturated carbocycles. The van der Waals surface area contributed by atoms with Crippen LogP contribution in [0.1, 0.15) is 16.7 Å². The van der Waals surface area contributed by atoms with E-state index in [1.54, 1.807) is 7.05 Å². The largest absolute Gasteiger partial charge is 0.326 e. The highest BCUT2D eigenvalue weighted by Gasteiger charge is 2.20. The minimum atomic E-state index is -3.41. The third-order valence-electron chi connectivity index (χ3n) is 3.48. The molecule has 0 atom stereocenters. The maximum Gasteiger partial charge on any atom is 0.239 e. The molecule has 0 spiro atoms. The number of sulfonamides is 1. The van der Waals surface area contributed by atoms with Crippen molar-refractivity contribution in [3.8, 4) is 0 Å². The molecule has 5 heteroatoms. The van der Waals surface area contributed by atoms with Gasteiger partial charge >= 0.3 is 0 Å². The van der Waals surface area contributed by atoms with E-state index in [9.17, 15) is 8.42 Å². The molecule has 0 radical (unpaired) electrons. The van der Waals surface area contributed by atoms with Crippen molar-refractivity contribution < 1.29 is 8.42 Å². The Bertz CT molecular complexity index is 709. The SMILES string of the molecule is Cc1ccccc1N(C)S(=O)(=O)Cc1ccc(CN)cc1. The van der Waals surface area contributed by atoms with Gasteiger partial charge in [-0.2, -0.15) is 0 Å². The fraction of sp³-hybridized carbons (Fsp3) is 0.250. The molecule has 0 aliphatic carbocycles. The smallest absolute Gasteiger partial charge is 0.239 e. The first-order valence-electron chi connectivity index (χ1n) is 6.74. The summed E-state index contributed by atoms with van der Waals surface area (Å²) in [6, 6.07) is 14.8. The third-order valence-corrected chi connectivity index (χ3v) is 5.21. The Hall–Kier alpha value is -1.85. The Balaban J connectivity index is 2.23. The number of nitrogens with zero attached hydrogens (tertiary/aromatic N) is 1. The molecule has 0 aliphatic rings. The summed E-state index contributed by atoms with van der Waals surface area (Å²) >= 11 is 0. The number of rotatable bonds is 5. The van der Waals surface area contributed by atoms with Crippen LogP contribution < -0.4 is 10.0 Å². The average Bonchev–Trinajstić information content (AvgIpc) is 2.47. The average molecular weight is 304 g/mol. The van der Waals surface area contributed by atoms with Gasteiger partial charge in [0.25, 0.3) is 0 Å². The van der Waals surface area contributed by atoms with Crippen molar-refractivity contribution in [3.05, 3.63) is 65.2 Å². The number of para-hydroxylation sites is 1. The highest BCUT2D eigenvalue weighted by molar-refractivity contribution is 7.92.